The van der Waals surface area contributed by atoms with Crippen molar-refractivity contribution in [3.05, 3.63) is 57.8 Å². The average Bonchev–Trinajstić information content (AvgIpc) is 2.82. The molecule has 0 bridgehead atoms. The van der Waals surface area contributed by atoms with E-state index in [0.29, 0.717) is 0 Å². The Morgan fingerprint density at radius 2 is 2.12 bits per heavy atom. The third kappa shape index (κ3) is 4.33. The van der Waals surface area contributed by atoms with Crippen molar-refractivity contribution in [3.8, 4) is 0 Å². The Hall–Kier alpha value is -1.12. The molecule has 2 aromatic rings. The predicted molar refractivity (Wildman–Crippen MR) is 75.5 cm³/mol. The maximum Gasteiger partial charge on any atom is 0.0299 e. The van der Waals surface area contributed by atoms with E-state index in [1.54, 1.807) is 0 Å². The first-order chi connectivity index (χ1) is 8.34. The third-order valence-electron chi connectivity index (χ3n) is 2.78. The van der Waals surface area contributed by atoms with E-state index < -0.39 is 0 Å². The van der Waals surface area contributed by atoms with E-state index in [1.807, 2.05) is 11.3 Å². The second-order valence-electron chi connectivity index (χ2n) is 4.35. The highest BCUT2D eigenvalue weighted by Gasteiger charge is 1.95. The van der Waals surface area contributed by atoms with Crippen LogP contribution in [0.15, 0.2) is 41.8 Å². The van der Waals surface area contributed by atoms with Crippen LogP contribution >= 0.6 is 11.3 Å². The summed E-state index contributed by atoms with van der Waals surface area (Å²) in [6.07, 6.45) is 2.37. The van der Waals surface area contributed by atoms with Gasteiger partial charge in [0.15, 0.2) is 0 Å². The van der Waals surface area contributed by atoms with Crippen LogP contribution in [0, 0.1) is 6.92 Å². The van der Waals surface area contributed by atoms with E-state index in [-0.39, 0.29) is 0 Å². The number of rotatable bonds is 6. The molecule has 0 fully saturated rings. The van der Waals surface area contributed by atoms with Crippen molar-refractivity contribution in [1.29, 1.82) is 0 Å². The number of thiophene rings is 1. The van der Waals surface area contributed by atoms with E-state index >= 15 is 0 Å². The smallest absolute Gasteiger partial charge is 0.0299 e. The van der Waals surface area contributed by atoms with Crippen LogP contribution in [-0.2, 0) is 13.0 Å². The Morgan fingerprint density at radius 1 is 1.18 bits per heavy atom. The number of benzene rings is 1. The molecule has 2 heteroatoms. The van der Waals surface area contributed by atoms with Crippen molar-refractivity contribution in [3.63, 3.8) is 0 Å². The second kappa shape index (κ2) is 6.58. The summed E-state index contributed by atoms with van der Waals surface area (Å²) in [5.41, 5.74) is 2.80. The van der Waals surface area contributed by atoms with Gasteiger partial charge in [0.2, 0.25) is 0 Å². The monoisotopic (exact) mass is 245 g/mol. The number of hydrogen-bond acceptors (Lipinski definition) is 2. The Bertz CT molecular complexity index is 434. The molecular weight excluding hydrogens is 226 g/mol. The van der Waals surface area contributed by atoms with Crippen LogP contribution in [-0.4, -0.2) is 6.54 Å². The molecule has 0 aliphatic rings. The van der Waals surface area contributed by atoms with Crippen LogP contribution in [0.4, 0.5) is 0 Å². The Kier molecular flexibility index (Phi) is 4.77. The fraction of sp³-hybridized carbons (Fsp3) is 0.333. The SMILES string of the molecule is Cc1cccc(CCCNCc2cccs2)c1. The summed E-state index contributed by atoms with van der Waals surface area (Å²) < 4.78 is 0. The van der Waals surface area contributed by atoms with Crippen molar-refractivity contribution in [1.82, 2.24) is 5.32 Å². The number of nitrogens with one attached hydrogen (secondary N) is 1. The molecule has 1 aromatic carbocycles. The lowest BCUT2D eigenvalue weighted by Gasteiger charge is -2.04. The molecule has 2 rings (SSSR count). The number of aryl methyl sites for hydroxylation is 2. The van der Waals surface area contributed by atoms with Gasteiger partial charge in [-0.1, -0.05) is 35.9 Å². The summed E-state index contributed by atoms with van der Waals surface area (Å²) in [7, 11) is 0. The van der Waals surface area contributed by atoms with Crippen molar-refractivity contribution >= 4 is 11.3 Å². The molecule has 0 aliphatic carbocycles. The van der Waals surface area contributed by atoms with Gasteiger partial charge in [0.05, 0.1) is 0 Å². The van der Waals surface area contributed by atoms with Gasteiger partial charge < -0.3 is 5.32 Å². The van der Waals surface area contributed by atoms with Crippen molar-refractivity contribution in [2.75, 3.05) is 6.54 Å². The molecule has 0 unspecified atom stereocenters. The van der Waals surface area contributed by atoms with Gasteiger partial charge in [0.25, 0.3) is 0 Å². The first-order valence-electron chi connectivity index (χ1n) is 6.13. The van der Waals surface area contributed by atoms with E-state index in [1.165, 1.54) is 28.8 Å². The zero-order chi connectivity index (χ0) is 11.9. The van der Waals surface area contributed by atoms with Gasteiger partial charge in [-0.2, -0.15) is 0 Å². The molecule has 0 atom stereocenters. The van der Waals surface area contributed by atoms with Crippen LogP contribution in [0.25, 0.3) is 0 Å². The molecule has 1 heterocycles. The second-order valence-corrected chi connectivity index (χ2v) is 5.38. The minimum atomic E-state index is 1.01. The lowest BCUT2D eigenvalue weighted by molar-refractivity contribution is 0.654. The quantitative estimate of drug-likeness (QED) is 0.764. The standard InChI is InChI=1S/C15H19NS/c1-13-5-2-6-14(11-13)7-3-9-16-12-15-8-4-10-17-15/h2,4-6,8,10-11,16H,3,7,9,12H2,1H3. The van der Waals surface area contributed by atoms with Gasteiger partial charge >= 0.3 is 0 Å². The van der Waals surface area contributed by atoms with Gasteiger partial charge in [-0.3, -0.25) is 0 Å². The first-order valence-corrected chi connectivity index (χ1v) is 7.01. The highest BCUT2D eigenvalue weighted by Crippen LogP contribution is 2.08. The Labute approximate surface area is 108 Å². The molecule has 0 amide bonds. The molecule has 1 nitrogen and oxygen atoms in total. The highest BCUT2D eigenvalue weighted by molar-refractivity contribution is 7.09. The van der Waals surface area contributed by atoms with Crippen LogP contribution in [0.3, 0.4) is 0 Å². The maximum atomic E-state index is 3.48. The number of hydrogen-bond donors (Lipinski definition) is 1. The Morgan fingerprint density at radius 3 is 2.88 bits per heavy atom. The van der Waals surface area contributed by atoms with Gasteiger partial charge in [0.1, 0.15) is 0 Å². The minimum Gasteiger partial charge on any atom is -0.312 e. The van der Waals surface area contributed by atoms with E-state index in [0.717, 1.165) is 13.1 Å². The molecule has 0 radical (unpaired) electrons. The van der Waals surface area contributed by atoms with Crippen LogP contribution in [0.2, 0.25) is 0 Å². The lowest BCUT2D eigenvalue weighted by atomic mass is 10.1. The van der Waals surface area contributed by atoms with Crippen molar-refractivity contribution in [2.45, 2.75) is 26.3 Å². The summed E-state index contributed by atoms with van der Waals surface area (Å²) >= 11 is 1.82. The highest BCUT2D eigenvalue weighted by atomic mass is 32.1. The molecule has 17 heavy (non-hydrogen) atoms. The zero-order valence-electron chi connectivity index (χ0n) is 10.3. The maximum absolute atomic E-state index is 3.48. The fourth-order valence-electron chi connectivity index (χ4n) is 1.91. The van der Waals surface area contributed by atoms with Gasteiger partial charge in [0, 0.05) is 11.4 Å². The molecule has 0 aliphatic heterocycles. The molecule has 0 saturated carbocycles. The molecule has 1 aromatic heterocycles. The van der Waals surface area contributed by atoms with Crippen LogP contribution in [0.5, 0.6) is 0 Å². The molecule has 90 valence electrons. The molecule has 0 spiro atoms. The normalized spacial score (nSPS) is 10.6. The minimum absolute atomic E-state index is 1.01. The summed E-state index contributed by atoms with van der Waals surface area (Å²) in [4.78, 5) is 1.42. The van der Waals surface area contributed by atoms with Crippen molar-refractivity contribution < 1.29 is 0 Å². The van der Waals surface area contributed by atoms with Crippen LogP contribution < -0.4 is 5.32 Å². The van der Waals surface area contributed by atoms with Crippen LogP contribution in [0.1, 0.15) is 22.4 Å². The lowest BCUT2D eigenvalue weighted by Crippen LogP contribution is -2.14. The van der Waals surface area contributed by atoms with Gasteiger partial charge in [-0.25, -0.2) is 0 Å². The van der Waals surface area contributed by atoms with E-state index in [9.17, 15) is 0 Å². The Balaban J connectivity index is 1.63. The largest absolute Gasteiger partial charge is 0.312 e. The van der Waals surface area contributed by atoms with Gasteiger partial charge in [-0.05, 0) is 43.3 Å². The summed E-state index contributed by atoms with van der Waals surface area (Å²) in [5, 5.41) is 5.61. The van der Waals surface area contributed by atoms with Crippen molar-refractivity contribution in [2.24, 2.45) is 0 Å². The molecular formula is C15H19NS. The van der Waals surface area contributed by atoms with Gasteiger partial charge in [-0.15, -0.1) is 11.3 Å². The summed E-state index contributed by atoms with van der Waals surface area (Å²) in [6, 6.07) is 13.1. The first kappa shape index (κ1) is 12.3. The van der Waals surface area contributed by atoms with E-state index in [2.05, 4.69) is 54.0 Å². The average molecular weight is 245 g/mol. The molecule has 0 saturated heterocycles. The summed E-state index contributed by atoms with van der Waals surface area (Å²) in [5.74, 6) is 0. The predicted octanol–water partition coefficient (Wildman–Crippen LogP) is 3.78. The topological polar surface area (TPSA) is 12.0 Å². The molecule has 1 N–H and O–H groups in total. The zero-order valence-corrected chi connectivity index (χ0v) is 11.1. The fourth-order valence-corrected chi connectivity index (χ4v) is 2.58. The third-order valence-corrected chi connectivity index (χ3v) is 3.66. The van der Waals surface area contributed by atoms with E-state index in [4.69, 9.17) is 0 Å². The summed E-state index contributed by atoms with van der Waals surface area (Å²) in [6.45, 7) is 4.25.